The number of carbonyl (C=O) groups excluding carboxylic acids is 1. The van der Waals surface area contributed by atoms with Gasteiger partial charge in [0.1, 0.15) is 47.3 Å². The van der Waals surface area contributed by atoms with Crippen LogP contribution in [0.1, 0.15) is 12.8 Å². The van der Waals surface area contributed by atoms with Crippen molar-refractivity contribution in [2.24, 2.45) is 5.92 Å². The number of anilines is 2. The van der Waals surface area contributed by atoms with Crippen molar-refractivity contribution in [3.63, 3.8) is 0 Å². The van der Waals surface area contributed by atoms with Gasteiger partial charge in [0.2, 0.25) is 0 Å². The summed E-state index contributed by atoms with van der Waals surface area (Å²) in [4.78, 5) is 25.1. The monoisotopic (exact) mass is 541 g/mol. The highest BCUT2D eigenvalue weighted by atomic mass is 19.1. The number of amides is 1. The van der Waals surface area contributed by atoms with Crippen LogP contribution in [0.4, 0.5) is 16.0 Å². The summed E-state index contributed by atoms with van der Waals surface area (Å²) in [5.74, 6) is 2.58. The maximum absolute atomic E-state index is 13.0. The van der Waals surface area contributed by atoms with Gasteiger partial charge in [-0.2, -0.15) is 5.26 Å². The number of aromatic nitrogens is 2. The molecule has 1 aromatic heterocycles. The molecule has 2 fully saturated rings. The van der Waals surface area contributed by atoms with Crippen LogP contribution in [0.3, 0.4) is 0 Å². The smallest absolute Gasteiger partial charge is 0.264 e. The van der Waals surface area contributed by atoms with Gasteiger partial charge in [0.25, 0.3) is 5.91 Å². The first kappa shape index (κ1) is 27.1. The number of hydrogen-bond acceptors (Lipinski definition) is 8. The van der Waals surface area contributed by atoms with E-state index in [2.05, 4.69) is 15.3 Å². The second-order valence-corrected chi connectivity index (χ2v) is 10.1. The Morgan fingerprint density at radius 2 is 1.80 bits per heavy atom. The Labute approximate surface area is 233 Å². The third-order valence-electron chi connectivity index (χ3n) is 7.28. The lowest BCUT2D eigenvalue weighted by atomic mass is 9.96. The predicted molar refractivity (Wildman–Crippen MR) is 151 cm³/mol. The summed E-state index contributed by atoms with van der Waals surface area (Å²) in [5, 5.41) is 12.9. The van der Waals surface area contributed by atoms with Crippen molar-refractivity contribution >= 4 is 17.5 Å². The summed E-state index contributed by atoms with van der Waals surface area (Å²) in [6.45, 7) is 2.94. The predicted octanol–water partition coefficient (Wildman–Crippen LogP) is 4.27. The van der Waals surface area contributed by atoms with Gasteiger partial charge < -0.3 is 20.7 Å². The molecule has 2 aliphatic rings. The van der Waals surface area contributed by atoms with Crippen molar-refractivity contribution in [2.75, 3.05) is 50.3 Å². The zero-order chi connectivity index (χ0) is 27.9. The van der Waals surface area contributed by atoms with Gasteiger partial charge in [0, 0.05) is 39.3 Å². The molecule has 3 heterocycles. The number of nitrogens with zero attached hydrogens (tertiary/aromatic N) is 5. The van der Waals surface area contributed by atoms with E-state index in [0.717, 1.165) is 29.7 Å². The fourth-order valence-corrected chi connectivity index (χ4v) is 4.94. The molecule has 9 nitrogen and oxygen atoms in total. The van der Waals surface area contributed by atoms with Crippen molar-refractivity contribution < 1.29 is 13.9 Å². The summed E-state index contributed by atoms with van der Waals surface area (Å²) in [6, 6.07) is 19.2. The lowest BCUT2D eigenvalue weighted by Gasteiger charge is -2.34. The SMILES string of the molecule is N#C/C(=C\CN1CC(F)C1)C(=O)N1CCC(CNc2ncnc(N)c2-c2ccc(Oc3ccccc3)cc2)CC1. The molecule has 0 spiro atoms. The number of piperidine rings is 1. The van der Waals surface area contributed by atoms with Crippen LogP contribution in [-0.4, -0.2) is 71.1 Å². The lowest BCUT2D eigenvalue weighted by molar-refractivity contribution is -0.128. The number of likely N-dealkylation sites (tertiary alicyclic amines) is 2. The van der Waals surface area contributed by atoms with E-state index in [1.165, 1.54) is 6.33 Å². The van der Waals surface area contributed by atoms with Crippen LogP contribution < -0.4 is 15.8 Å². The van der Waals surface area contributed by atoms with Crippen molar-refractivity contribution in [3.8, 4) is 28.7 Å². The van der Waals surface area contributed by atoms with Crippen molar-refractivity contribution in [3.05, 3.63) is 72.6 Å². The molecule has 0 aliphatic carbocycles. The number of rotatable bonds is 9. The van der Waals surface area contributed by atoms with E-state index < -0.39 is 6.17 Å². The number of nitrogens with one attached hydrogen (secondary N) is 1. The highest BCUT2D eigenvalue weighted by Gasteiger charge is 2.27. The molecule has 0 unspecified atom stereocenters. The quantitative estimate of drug-likeness (QED) is 0.304. The van der Waals surface area contributed by atoms with E-state index in [4.69, 9.17) is 10.5 Å². The number of benzene rings is 2. The highest BCUT2D eigenvalue weighted by Crippen LogP contribution is 2.33. The first-order valence-electron chi connectivity index (χ1n) is 13.4. The molecule has 1 amide bonds. The van der Waals surface area contributed by atoms with Crippen LogP contribution >= 0.6 is 0 Å². The minimum Gasteiger partial charge on any atom is -0.457 e. The largest absolute Gasteiger partial charge is 0.457 e. The summed E-state index contributed by atoms with van der Waals surface area (Å²) >= 11 is 0. The Morgan fingerprint density at radius 1 is 1.10 bits per heavy atom. The lowest BCUT2D eigenvalue weighted by Crippen LogP contribution is -2.48. The molecule has 40 heavy (non-hydrogen) atoms. The number of nitrogen functional groups attached to an aromatic ring is 1. The zero-order valence-corrected chi connectivity index (χ0v) is 22.2. The van der Waals surface area contributed by atoms with Crippen molar-refractivity contribution in [1.82, 2.24) is 19.8 Å². The van der Waals surface area contributed by atoms with Crippen LogP contribution in [0, 0.1) is 17.2 Å². The van der Waals surface area contributed by atoms with Gasteiger partial charge in [-0.1, -0.05) is 30.3 Å². The molecule has 3 aromatic rings. The van der Waals surface area contributed by atoms with Gasteiger partial charge in [0.15, 0.2) is 0 Å². The van der Waals surface area contributed by atoms with Crippen LogP contribution in [0.5, 0.6) is 11.5 Å². The Balaban J connectivity index is 1.16. The minimum absolute atomic E-state index is 0.125. The minimum atomic E-state index is -0.808. The van der Waals surface area contributed by atoms with Crippen molar-refractivity contribution in [1.29, 1.82) is 5.26 Å². The van der Waals surface area contributed by atoms with E-state index in [-0.39, 0.29) is 11.5 Å². The maximum atomic E-state index is 13.0. The fraction of sp³-hybridized carbons (Fsp3) is 0.333. The highest BCUT2D eigenvalue weighted by molar-refractivity contribution is 5.97. The second-order valence-electron chi connectivity index (χ2n) is 10.1. The molecule has 5 rings (SSSR count). The standard InChI is InChI=1S/C30H32FN7O2/c31-24-18-37(19-24)13-12-23(16-32)30(39)38-14-10-21(11-15-38)17-34-29-27(28(33)35-20-36-29)22-6-8-26(9-7-22)40-25-4-2-1-3-5-25/h1-9,12,20-21,24H,10-11,13-15,17-19H2,(H3,33,34,35,36)/b23-12+. The number of halogens is 1. The van der Waals surface area contributed by atoms with E-state index >= 15 is 0 Å². The third kappa shape index (κ3) is 6.55. The molecule has 3 N–H and O–H groups in total. The first-order chi connectivity index (χ1) is 19.5. The Bertz CT molecular complexity index is 1380. The molecule has 0 saturated carbocycles. The summed E-state index contributed by atoms with van der Waals surface area (Å²) in [6.07, 6.45) is 3.85. The zero-order valence-electron chi connectivity index (χ0n) is 22.2. The summed E-state index contributed by atoms with van der Waals surface area (Å²) in [7, 11) is 0. The topological polar surface area (TPSA) is 120 Å². The van der Waals surface area contributed by atoms with E-state index in [1.807, 2.05) is 65.6 Å². The molecular weight excluding hydrogens is 509 g/mol. The van der Waals surface area contributed by atoms with Crippen LogP contribution in [-0.2, 0) is 4.79 Å². The van der Waals surface area contributed by atoms with Gasteiger partial charge in [-0.15, -0.1) is 0 Å². The number of alkyl halides is 1. The number of carbonyl (C=O) groups is 1. The molecular formula is C30H32FN7O2. The van der Waals surface area contributed by atoms with Gasteiger partial charge in [-0.3, -0.25) is 9.69 Å². The second kappa shape index (κ2) is 12.6. The summed E-state index contributed by atoms with van der Waals surface area (Å²) in [5.41, 5.74) is 7.99. The molecule has 10 heteroatoms. The summed E-state index contributed by atoms with van der Waals surface area (Å²) < 4.78 is 18.9. The number of nitrogens with two attached hydrogens (primary N) is 1. The molecule has 2 aliphatic heterocycles. The molecule has 2 aromatic carbocycles. The number of nitriles is 1. The Hall–Kier alpha value is -4.49. The third-order valence-corrected chi connectivity index (χ3v) is 7.28. The Kier molecular flexibility index (Phi) is 8.52. The molecule has 206 valence electrons. The molecule has 2 saturated heterocycles. The maximum Gasteiger partial charge on any atom is 0.264 e. The molecule has 0 radical (unpaired) electrons. The number of hydrogen-bond donors (Lipinski definition) is 2. The fourth-order valence-electron chi connectivity index (χ4n) is 4.94. The molecule has 0 bridgehead atoms. The van der Waals surface area contributed by atoms with E-state index in [9.17, 15) is 14.4 Å². The Morgan fingerprint density at radius 3 is 2.48 bits per heavy atom. The number of para-hydroxylation sites is 1. The van der Waals surface area contributed by atoms with E-state index in [0.29, 0.717) is 62.6 Å². The normalized spacial score (nSPS) is 16.7. The van der Waals surface area contributed by atoms with Gasteiger partial charge in [0.05, 0.1) is 5.56 Å². The van der Waals surface area contributed by atoms with E-state index in [1.54, 1.807) is 11.0 Å². The van der Waals surface area contributed by atoms with Crippen molar-refractivity contribution in [2.45, 2.75) is 19.0 Å². The van der Waals surface area contributed by atoms with Gasteiger partial charge in [-0.05, 0) is 54.7 Å². The number of ether oxygens (including phenoxy) is 1. The average molecular weight is 542 g/mol. The van der Waals surface area contributed by atoms with Crippen LogP contribution in [0.15, 0.2) is 72.6 Å². The van der Waals surface area contributed by atoms with Gasteiger partial charge in [-0.25, -0.2) is 14.4 Å². The van der Waals surface area contributed by atoms with Crippen LogP contribution in [0.25, 0.3) is 11.1 Å². The first-order valence-corrected chi connectivity index (χ1v) is 13.4. The molecule has 0 atom stereocenters. The average Bonchev–Trinajstić information content (AvgIpc) is 2.96. The van der Waals surface area contributed by atoms with Crippen LogP contribution in [0.2, 0.25) is 0 Å². The van der Waals surface area contributed by atoms with Gasteiger partial charge >= 0.3 is 0 Å².